The van der Waals surface area contributed by atoms with E-state index in [1.807, 2.05) is 27.0 Å². The Morgan fingerprint density at radius 3 is 2.17 bits per heavy atom. The fraction of sp³-hybridized carbons (Fsp3) is 0.615. The molecule has 2 aromatic heterocycles. The van der Waals surface area contributed by atoms with Gasteiger partial charge in [0, 0.05) is 19.4 Å². The molecule has 0 amide bonds. The number of rotatable bonds is 1. The normalized spacial score (nSPS) is 11.1. The molecule has 0 saturated heterocycles. The Hall–Kier alpha value is -1.65. The first-order valence-corrected chi connectivity index (χ1v) is 6.23. The van der Waals surface area contributed by atoms with Crippen molar-refractivity contribution in [2.24, 2.45) is 7.05 Å². The number of aromatic nitrogens is 4. The highest BCUT2D eigenvalue weighted by atomic mass is 16.4. The van der Waals surface area contributed by atoms with Gasteiger partial charge in [-0.05, 0) is 6.07 Å². The van der Waals surface area contributed by atoms with Crippen LogP contribution in [-0.4, -0.2) is 20.0 Å². The van der Waals surface area contributed by atoms with Crippen LogP contribution in [-0.2, 0) is 12.5 Å². The maximum absolute atomic E-state index is 5.39. The number of hydrogen-bond donors (Lipinski definition) is 0. The van der Waals surface area contributed by atoms with Crippen LogP contribution in [0.2, 0.25) is 0 Å². The molecular weight excluding hydrogens is 228 g/mol. The van der Waals surface area contributed by atoms with Crippen molar-refractivity contribution in [1.82, 2.24) is 20.0 Å². The second-order valence-electron chi connectivity index (χ2n) is 4.91. The summed E-state index contributed by atoms with van der Waals surface area (Å²) in [4.78, 5) is 0. The molecule has 0 fully saturated rings. The van der Waals surface area contributed by atoms with Crippen molar-refractivity contribution >= 4 is 0 Å². The predicted molar refractivity (Wildman–Crippen MR) is 71.3 cm³/mol. The van der Waals surface area contributed by atoms with Gasteiger partial charge in [0.2, 0.25) is 5.89 Å². The summed E-state index contributed by atoms with van der Waals surface area (Å²) in [7, 11) is 1.88. The SMILES string of the molecule is CC.Cc1nnc(-c2cc(C(C)(C)C)nn2C)o1. The average molecular weight is 250 g/mol. The smallest absolute Gasteiger partial charge is 0.265 e. The molecule has 0 bridgehead atoms. The van der Waals surface area contributed by atoms with E-state index in [0.717, 1.165) is 11.4 Å². The maximum atomic E-state index is 5.39. The van der Waals surface area contributed by atoms with Crippen molar-refractivity contribution < 1.29 is 4.42 Å². The lowest BCUT2D eigenvalue weighted by Gasteiger charge is -2.13. The minimum Gasteiger partial charge on any atom is -0.420 e. The maximum Gasteiger partial charge on any atom is 0.265 e. The molecule has 0 saturated carbocycles. The fourth-order valence-corrected chi connectivity index (χ4v) is 1.43. The van der Waals surface area contributed by atoms with E-state index in [1.54, 1.807) is 11.6 Å². The molecule has 100 valence electrons. The average Bonchev–Trinajstić information content (AvgIpc) is 2.86. The lowest BCUT2D eigenvalue weighted by molar-refractivity contribution is 0.524. The molecule has 0 N–H and O–H groups in total. The van der Waals surface area contributed by atoms with Gasteiger partial charge in [-0.1, -0.05) is 34.6 Å². The zero-order valence-corrected chi connectivity index (χ0v) is 12.3. The monoisotopic (exact) mass is 250 g/mol. The third-order valence-corrected chi connectivity index (χ3v) is 2.39. The van der Waals surface area contributed by atoms with Crippen LogP contribution in [0, 0.1) is 6.92 Å². The lowest BCUT2D eigenvalue weighted by atomic mass is 9.92. The molecule has 2 aromatic rings. The Kier molecular flexibility index (Phi) is 4.27. The van der Waals surface area contributed by atoms with E-state index >= 15 is 0 Å². The van der Waals surface area contributed by atoms with E-state index in [4.69, 9.17) is 4.42 Å². The van der Waals surface area contributed by atoms with Crippen LogP contribution in [0.5, 0.6) is 0 Å². The van der Waals surface area contributed by atoms with Crippen molar-refractivity contribution in [3.63, 3.8) is 0 Å². The first kappa shape index (κ1) is 14.4. The van der Waals surface area contributed by atoms with Gasteiger partial charge < -0.3 is 4.42 Å². The van der Waals surface area contributed by atoms with Gasteiger partial charge in [0.1, 0.15) is 5.69 Å². The van der Waals surface area contributed by atoms with Gasteiger partial charge in [-0.25, -0.2) is 0 Å². The molecule has 0 spiro atoms. The minimum absolute atomic E-state index is 0.0189. The van der Waals surface area contributed by atoms with E-state index in [-0.39, 0.29) is 5.41 Å². The summed E-state index contributed by atoms with van der Waals surface area (Å²) in [6.07, 6.45) is 0. The Bertz CT molecular complexity index is 505. The van der Waals surface area contributed by atoms with Gasteiger partial charge in [-0.3, -0.25) is 4.68 Å². The van der Waals surface area contributed by atoms with Crippen molar-refractivity contribution in [3.8, 4) is 11.6 Å². The van der Waals surface area contributed by atoms with E-state index in [1.165, 1.54) is 0 Å². The molecule has 0 aliphatic heterocycles. The van der Waals surface area contributed by atoms with Crippen LogP contribution < -0.4 is 0 Å². The molecule has 0 radical (unpaired) electrons. The van der Waals surface area contributed by atoms with Crippen LogP contribution in [0.25, 0.3) is 11.6 Å². The summed E-state index contributed by atoms with van der Waals surface area (Å²) in [5.74, 6) is 1.08. The van der Waals surface area contributed by atoms with Crippen LogP contribution in [0.1, 0.15) is 46.2 Å². The second-order valence-corrected chi connectivity index (χ2v) is 4.91. The van der Waals surface area contributed by atoms with Gasteiger partial charge in [-0.15, -0.1) is 10.2 Å². The molecule has 0 aliphatic rings. The summed E-state index contributed by atoms with van der Waals surface area (Å²) in [5, 5.41) is 12.3. The first-order valence-electron chi connectivity index (χ1n) is 6.23. The van der Waals surface area contributed by atoms with Crippen molar-refractivity contribution in [2.75, 3.05) is 0 Å². The van der Waals surface area contributed by atoms with Crippen LogP contribution in [0.3, 0.4) is 0 Å². The standard InChI is InChI=1S/C11H16N4O.C2H6/c1-7-12-13-10(16-7)8-6-9(11(2,3)4)14-15(8)5;1-2/h6H,1-5H3;1-2H3. The van der Waals surface area contributed by atoms with E-state index < -0.39 is 0 Å². The van der Waals surface area contributed by atoms with Crippen LogP contribution in [0.15, 0.2) is 10.5 Å². The Labute approximate surface area is 108 Å². The highest BCUT2D eigenvalue weighted by molar-refractivity contribution is 5.48. The van der Waals surface area contributed by atoms with Gasteiger partial charge in [0.05, 0.1) is 5.69 Å². The number of aryl methyl sites for hydroxylation is 2. The second kappa shape index (κ2) is 5.33. The third-order valence-electron chi connectivity index (χ3n) is 2.39. The van der Waals surface area contributed by atoms with Crippen LogP contribution in [0.4, 0.5) is 0 Å². The molecule has 5 nitrogen and oxygen atoms in total. The Balaban J connectivity index is 0.000000771. The van der Waals surface area contributed by atoms with Crippen molar-refractivity contribution in [1.29, 1.82) is 0 Å². The molecule has 2 rings (SSSR count). The number of hydrogen-bond acceptors (Lipinski definition) is 4. The first-order chi connectivity index (χ1) is 8.38. The molecule has 18 heavy (non-hydrogen) atoms. The van der Waals surface area contributed by atoms with Gasteiger partial charge >= 0.3 is 0 Å². The fourth-order valence-electron chi connectivity index (χ4n) is 1.43. The molecular formula is C13H22N4O. The third kappa shape index (κ3) is 2.97. The molecule has 0 unspecified atom stereocenters. The minimum atomic E-state index is 0.0189. The largest absolute Gasteiger partial charge is 0.420 e. The van der Waals surface area contributed by atoms with Gasteiger partial charge in [0.25, 0.3) is 5.89 Å². The van der Waals surface area contributed by atoms with Crippen LogP contribution >= 0.6 is 0 Å². The van der Waals surface area contributed by atoms with E-state index in [2.05, 4.69) is 36.1 Å². The lowest BCUT2D eigenvalue weighted by Crippen LogP contribution is -2.12. The zero-order valence-electron chi connectivity index (χ0n) is 12.3. The van der Waals surface area contributed by atoms with Crippen molar-refractivity contribution in [3.05, 3.63) is 17.7 Å². The molecule has 0 aromatic carbocycles. The summed E-state index contributed by atoms with van der Waals surface area (Å²) in [5.41, 5.74) is 1.89. The zero-order chi connectivity index (χ0) is 13.9. The molecule has 0 aliphatic carbocycles. The number of nitrogens with zero attached hydrogens (tertiary/aromatic N) is 4. The molecule has 2 heterocycles. The summed E-state index contributed by atoms with van der Waals surface area (Å²) in [6, 6.07) is 1.99. The van der Waals surface area contributed by atoms with E-state index in [0.29, 0.717) is 11.8 Å². The molecule has 5 heteroatoms. The highest BCUT2D eigenvalue weighted by Crippen LogP contribution is 2.25. The molecule has 0 atom stereocenters. The highest BCUT2D eigenvalue weighted by Gasteiger charge is 2.21. The summed E-state index contributed by atoms with van der Waals surface area (Å²) < 4.78 is 7.16. The van der Waals surface area contributed by atoms with Gasteiger partial charge in [-0.2, -0.15) is 5.10 Å². The quantitative estimate of drug-likeness (QED) is 0.780. The summed E-state index contributed by atoms with van der Waals surface area (Å²) >= 11 is 0. The topological polar surface area (TPSA) is 56.7 Å². The van der Waals surface area contributed by atoms with Gasteiger partial charge in [0.15, 0.2) is 0 Å². The predicted octanol–water partition coefficient (Wildman–Crippen LogP) is 3.10. The van der Waals surface area contributed by atoms with E-state index in [9.17, 15) is 0 Å². The Morgan fingerprint density at radius 2 is 1.78 bits per heavy atom. The van der Waals surface area contributed by atoms with Crippen molar-refractivity contribution in [2.45, 2.75) is 47.0 Å². The Morgan fingerprint density at radius 1 is 1.17 bits per heavy atom. The summed E-state index contributed by atoms with van der Waals surface area (Å²) in [6.45, 7) is 12.1.